The van der Waals surface area contributed by atoms with E-state index in [4.69, 9.17) is 9.47 Å². The monoisotopic (exact) mass is 370 g/mol. The highest BCUT2D eigenvalue weighted by atomic mass is 16.5. The van der Waals surface area contributed by atoms with Crippen LogP contribution in [-0.2, 0) is 11.2 Å². The molecule has 142 valence electrons. The minimum absolute atomic E-state index is 0.0420. The van der Waals surface area contributed by atoms with E-state index in [0.717, 1.165) is 17.1 Å². The number of benzene rings is 1. The van der Waals surface area contributed by atoms with Gasteiger partial charge in [0.25, 0.3) is 0 Å². The number of hydrogen-bond donors (Lipinski definition) is 2. The number of rotatable bonds is 4. The van der Waals surface area contributed by atoms with Gasteiger partial charge in [-0.1, -0.05) is 0 Å². The van der Waals surface area contributed by atoms with E-state index in [1.165, 1.54) is 6.33 Å². The Balaban J connectivity index is 1.41. The van der Waals surface area contributed by atoms with E-state index in [0.29, 0.717) is 44.0 Å². The van der Waals surface area contributed by atoms with Crippen LogP contribution in [0.1, 0.15) is 18.4 Å². The second kappa shape index (κ2) is 7.40. The van der Waals surface area contributed by atoms with Crippen LogP contribution in [0.15, 0.2) is 30.6 Å². The fourth-order valence-corrected chi connectivity index (χ4v) is 3.48. The van der Waals surface area contributed by atoms with E-state index in [9.17, 15) is 9.90 Å². The zero-order chi connectivity index (χ0) is 18.8. The first-order valence-corrected chi connectivity index (χ1v) is 9.01. The molecule has 1 saturated heterocycles. The van der Waals surface area contributed by atoms with Gasteiger partial charge in [0, 0.05) is 37.7 Å². The highest BCUT2D eigenvalue weighted by Gasteiger charge is 2.30. The first-order chi connectivity index (χ1) is 13.1. The number of aliphatic hydroxyl groups is 1. The molecule has 0 saturated carbocycles. The number of carbonyl (C=O) groups excluding carboxylic acids is 1. The predicted molar refractivity (Wildman–Crippen MR) is 99.2 cm³/mol. The summed E-state index contributed by atoms with van der Waals surface area (Å²) in [6.45, 7) is 1.13. The number of β-amino-alcohol motifs (C(OH)–C–C–N with tert-alkyl or cyclic N) is 1. The third-order valence-corrected chi connectivity index (χ3v) is 4.94. The maximum atomic E-state index is 11.5. The van der Waals surface area contributed by atoms with Gasteiger partial charge in [0.2, 0.25) is 11.8 Å². The Morgan fingerprint density at radius 3 is 2.96 bits per heavy atom. The number of ether oxygens (including phenoxy) is 2. The fraction of sp³-hybridized carbons (Fsp3) is 0.421. The molecule has 27 heavy (non-hydrogen) atoms. The molecular weight excluding hydrogens is 348 g/mol. The molecule has 2 aromatic rings. The van der Waals surface area contributed by atoms with Crippen LogP contribution in [0.4, 0.5) is 11.5 Å². The number of nitrogens with zero attached hydrogens (tertiary/aromatic N) is 3. The predicted octanol–water partition coefficient (Wildman–Crippen LogP) is 1.39. The first-order valence-electron chi connectivity index (χ1n) is 9.01. The van der Waals surface area contributed by atoms with Crippen molar-refractivity contribution in [2.75, 3.05) is 30.4 Å². The topological polar surface area (TPSA) is 96.8 Å². The van der Waals surface area contributed by atoms with E-state index >= 15 is 0 Å². The number of nitrogens with one attached hydrogen (secondary N) is 1. The van der Waals surface area contributed by atoms with Gasteiger partial charge in [-0.3, -0.25) is 4.79 Å². The molecule has 0 aliphatic carbocycles. The molecule has 8 heteroatoms. The van der Waals surface area contributed by atoms with Crippen LogP contribution in [0.2, 0.25) is 0 Å². The first kappa shape index (κ1) is 17.5. The van der Waals surface area contributed by atoms with Crippen LogP contribution >= 0.6 is 0 Å². The molecule has 1 aromatic carbocycles. The van der Waals surface area contributed by atoms with Crippen LogP contribution < -0.4 is 19.7 Å². The summed E-state index contributed by atoms with van der Waals surface area (Å²) in [4.78, 5) is 21.7. The smallest absolute Gasteiger partial charge is 0.224 e. The molecule has 0 unspecified atom stereocenters. The Kier molecular flexibility index (Phi) is 4.81. The Bertz CT molecular complexity index is 844. The van der Waals surface area contributed by atoms with Crippen molar-refractivity contribution in [3.63, 3.8) is 0 Å². The summed E-state index contributed by atoms with van der Waals surface area (Å²) in [5.74, 6) is 1.98. The molecule has 2 N–H and O–H groups in total. The molecule has 1 aromatic heterocycles. The Labute approximate surface area is 157 Å². The van der Waals surface area contributed by atoms with Gasteiger partial charge in [-0.05, 0) is 30.2 Å². The standard InChI is InChI=1S/C19H22N4O4/c1-26-19-9-17(20-11-21-19)23-7-6-16(15(24)10-23)27-13-3-4-14-12(8-13)2-5-18(25)22-14/h3-4,8-9,11,15-16,24H,2,5-7,10H2,1H3,(H,22,25)/t15-,16-/m1/s1. The number of aromatic nitrogens is 2. The average Bonchev–Trinajstić information content (AvgIpc) is 2.69. The number of amides is 1. The Hall–Kier alpha value is -2.87. The van der Waals surface area contributed by atoms with Gasteiger partial charge in [0.05, 0.1) is 7.11 Å². The van der Waals surface area contributed by atoms with Gasteiger partial charge in [-0.25, -0.2) is 9.97 Å². The van der Waals surface area contributed by atoms with Gasteiger partial charge in [0.1, 0.15) is 30.1 Å². The number of carbonyl (C=O) groups is 1. The molecule has 4 rings (SSSR count). The van der Waals surface area contributed by atoms with E-state index in [2.05, 4.69) is 15.3 Å². The summed E-state index contributed by atoms with van der Waals surface area (Å²) in [6, 6.07) is 7.39. The molecule has 1 amide bonds. The van der Waals surface area contributed by atoms with Crippen molar-refractivity contribution >= 4 is 17.4 Å². The minimum Gasteiger partial charge on any atom is -0.488 e. The van der Waals surface area contributed by atoms with Crippen LogP contribution in [0, 0.1) is 0 Å². The van der Waals surface area contributed by atoms with Gasteiger partial charge >= 0.3 is 0 Å². The number of hydrogen-bond acceptors (Lipinski definition) is 7. The maximum Gasteiger partial charge on any atom is 0.224 e. The zero-order valence-corrected chi connectivity index (χ0v) is 15.1. The lowest BCUT2D eigenvalue weighted by molar-refractivity contribution is -0.116. The van der Waals surface area contributed by atoms with Crippen LogP contribution in [0.5, 0.6) is 11.6 Å². The fourth-order valence-electron chi connectivity index (χ4n) is 3.48. The van der Waals surface area contributed by atoms with E-state index in [-0.39, 0.29) is 12.0 Å². The Morgan fingerprint density at radius 1 is 1.26 bits per heavy atom. The number of anilines is 2. The zero-order valence-electron chi connectivity index (χ0n) is 15.1. The molecule has 2 aliphatic heterocycles. The quantitative estimate of drug-likeness (QED) is 0.839. The summed E-state index contributed by atoms with van der Waals surface area (Å²) >= 11 is 0. The number of aliphatic hydroxyl groups excluding tert-OH is 1. The number of methoxy groups -OCH3 is 1. The minimum atomic E-state index is -0.643. The van der Waals surface area contributed by atoms with Gasteiger partial charge < -0.3 is 24.8 Å². The Morgan fingerprint density at radius 2 is 2.15 bits per heavy atom. The number of piperidine rings is 1. The SMILES string of the molecule is COc1cc(N2CC[C@@H](Oc3ccc4c(c3)CCC(=O)N4)[C@H](O)C2)ncn1. The van der Waals surface area contributed by atoms with Crippen molar-refractivity contribution in [2.45, 2.75) is 31.5 Å². The lowest BCUT2D eigenvalue weighted by atomic mass is 10.0. The van der Waals surface area contributed by atoms with E-state index in [1.54, 1.807) is 13.2 Å². The van der Waals surface area contributed by atoms with Crippen LogP contribution in [-0.4, -0.2) is 53.4 Å². The van der Waals surface area contributed by atoms with Gasteiger partial charge in [0.15, 0.2) is 0 Å². The molecule has 0 radical (unpaired) electrons. The molecule has 2 aliphatic rings. The van der Waals surface area contributed by atoms with Gasteiger partial charge in [-0.15, -0.1) is 0 Å². The summed E-state index contributed by atoms with van der Waals surface area (Å²) < 4.78 is 11.2. The molecule has 0 bridgehead atoms. The van der Waals surface area contributed by atoms with E-state index in [1.807, 2.05) is 23.1 Å². The van der Waals surface area contributed by atoms with Crippen molar-refractivity contribution < 1.29 is 19.4 Å². The molecule has 1 fully saturated rings. The molecule has 8 nitrogen and oxygen atoms in total. The van der Waals surface area contributed by atoms with Crippen molar-refractivity contribution in [2.24, 2.45) is 0 Å². The van der Waals surface area contributed by atoms with E-state index < -0.39 is 6.10 Å². The van der Waals surface area contributed by atoms with Crippen LogP contribution in [0.3, 0.4) is 0 Å². The average molecular weight is 370 g/mol. The van der Waals surface area contributed by atoms with Crippen molar-refractivity contribution in [1.82, 2.24) is 9.97 Å². The lowest BCUT2D eigenvalue weighted by Crippen LogP contribution is -2.49. The second-order valence-electron chi connectivity index (χ2n) is 6.74. The third kappa shape index (κ3) is 3.80. The summed E-state index contributed by atoms with van der Waals surface area (Å²) in [7, 11) is 1.56. The highest BCUT2D eigenvalue weighted by Crippen LogP contribution is 2.29. The molecule has 0 spiro atoms. The highest BCUT2D eigenvalue weighted by molar-refractivity contribution is 5.94. The normalized spacial score (nSPS) is 22.0. The maximum absolute atomic E-state index is 11.5. The van der Waals surface area contributed by atoms with Crippen molar-refractivity contribution in [1.29, 1.82) is 0 Å². The summed E-state index contributed by atoms with van der Waals surface area (Å²) in [6.07, 6.45) is 2.38. The number of fused-ring (bicyclic) bond motifs is 1. The number of aryl methyl sites for hydroxylation is 1. The summed E-state index contributed by atoms with van der Waals surface area (Å²) in [5, 5.41) is 13.4. The van der Waals surface area contributed by atoms with Gasteiger partial charge in [-0.2, -0.15) is 0 Å². The third-order valence-electron chi connectivity index (χ3n) is 4.94. The second-order valence-corrected chi connectivity index (χ2v) is 6.74. The molecule has 3 heterocycles. The molecule has 2 atom stereocenters. The largest absolute Gasteiger partial charge is 0.488 e. The lowest BCUT2D eigenvalue weighted by Gasteiger charge is -2.36. The van der Waals surface area contributed by atoms with Crippen LogP contribution in [0.25, 0.3) is 0 Å². The van der Waals surface area contributed by atoms with Crippen molar-refractivity contribution in [3.05, 3.63) is 36.2 Å². The summed E-state index contributed by atoms with van der Waals surface area (Å²) in [5.41, 5.74) is 1.90. The molecular formula is C19H22N4O4. The van der Waals surface area contributed by atoms with Crippen molar-refractivity contribution in [3.8, 4) is 11.6 Å².